The third-order valence-electron chi connectivity index (χ3n) is 9.38. The summed E-state index contributed by atoms with van der Waals surface area (Å²) in [6, 6.07) is 49.6. The van der Waals surface area contributed by atoms with Crippen LogP contribution in [0, 0.1) is 0 Å². The minimum absolute atomic E-state index is 0.0418. The van der Waals surface area contributed by atoms with Crippen molar-refractivity contribution in [2.45, 2.75) is 0 Å². The molecule has 0 bridgehead atoms. The molecule has 3 aromatic heterocycles. The molecule has 3 heterocycles. The van der Waals surface area contributed by atoms with Gasteiger partial charge in [0.2, 0.25) is 0 Å². The maximum absolute atomic E-state index is 12.6. The van der Waals surface area contributed by atoms with Gasteiger partial charge in [-0.2, -0.15) is 0 Å². The van der Waals surface area contributed by atoms with E-state index in [4.69, 9.17) is 14.4 Å². The fraction of sp³-hybridized carbons (Fsp3) is 0.0465. The number of fused-ring (bicyclic) bond motifs is 4. The van der Waals surface area contributed by atoms with Crippen molar-refractivity contribution in [2.24, 2.45) is 14.1 Å². The second-order valence-electron chi connectivity index (χ2n) is 12.4. The summed E-state index contributed by atoms with van der Waals surface area (Å²) in [6.45, 7) is 0. The smallest absolute Gasteiger partial charge is 0.328 e. The van der Waals surface area contributed by atoms with Crippen LogP contribution in [0.3, 0.4) is 0 Å². The molecule has 9 rings (SSSR count). The van der Waals surface area contributed by atoms with Gasteiger partial charge in [-0.3, -0.25) is 9.13 Å². The molecule has 0 spiro atoms. The zero-order chi connectivity index (χ0) is 33.1. The van der Waals surface area contributed by atoms with E-state index < -0.39 is 0 Å². The number of benzene rings is 6. The Balaban J connectivity index is 1.25. The van der Waals surface area contributed by atoms with Gasteiger partial charge in [-0.1, -0.05) is 103 Å². The zero-order valence-corrected chi connectivity index (χ0v) is 27.0. The lowest BCUT2D eigenvalue weighted by Gasteiger charge is -2.12. The molecular formula is C43H30N4O2. The van der Waals surface area contributed by atoms with Gasteiger partial charge in [0.25, 0.3) is 0 Å². The third kappa shape index (κ3) is 4.85. The van der Waals surface area contributed by atoms with Gasteiger partial charge in [0.05, 0.1) is 22.4 Å². The Hall–Kier alpha value is -6.53. The molecule has 0 fully saturated rings. The summed E-state index contributed by atoms with van der Waals surface area (Å²) >= 11 is 0. The molecule has 6 aromatic carbocycles. The first-order chi connectivity index (χ1) is 24.0. The van der Waals surface area contributed by atoms with Crippen LogP contribution in [0.5, 0.6) is 0 Å². The van der Waals surface area contributed by atoms with Gasteiger partial charge in [-0.25, -0.2) is 14.8 Å². The highest BCUT2D eigenvalue weighted by Crippen LogP contribution is 2.40. The minimum Gasteiger partial charge on any atom is -0.455 e. The number of aromatic nitrogens is 4. The van der Waals surface area contributed by atoms with E-state index in [0.29, 0.717) is 5.82 Å². The Bertz CT molecular complexity index is 2760. The van der Waals surface area contributed by atoms with Crippen molar-refractivity contribution in [1.29, 1.82) is 0 Å². The Labute approximate surface area is 282 Å². The molecule has 0 amide bonds. The molecule has 0 aliphatic carbocycles. The van der Waals surface area contributed by atoms with E-state index in [1.54, 1.807) is 16.2 Å². The average Bonchev–Trinajstić information content (AvgIpc) is 3.65. The summed E-state index contributed by atoms with van der Waals surface area (Å²) < 4.78 is 9.83. The molecule has 234 valence electrons. The Morgan fingerprint density at radius 1 is 0.490 bits per heavy atom. The molecule has 0 aliphatic heterocycles. The molecule has 6 nitrogen and oxygen atoms in total. The molecule has 0 unspecified atom stereocenters. The van der Waals surface area contributed by atoms with Crippen LogP contribution >= 0.6 is 0 Å². The number of imidazole rings is 1. The summed E-state index contributed by atoms with van der Waals surface area (Å²) in [5, 5.41) is 2.11. The van der Waals surface area contributed by atoms with Crippen molar-refractivity contribution < 1.29 is 4.42 Å². The third-order valence-corrected chi connectivity index (χ3v) is 9.38. The van der Waals surface area contributed by atoms with Gasteiger partial charge in [0.15, 0.2) is 5.82 Å². The molecule has 0 radical (unpaired) electrons. The summed E-state index contributed by atoms with van der Waals surface area (Å²) in [5.41, 5.74) is 12.1. The molecule has 49 heavy (non-hydrogen) atoms. The molecule has 0 N–H and O–H groups in total. The van der Waals surface area contributed by atoms with Crippen molar-refractivity contribution in [2.75, 3.05) is 0 Å². The predicted molar refractivity (Wildman–Crippen MR) is 198 cm³/mol. The maximum atomic E-state index is 12.6. The van der Waals surface area contributed by atoms with Crippen LogP contribution in [-0.4, -0.2) is 19.1 Å². The topological polar surface area (TPSA) is 65.8 Å². The van der Waals surface area contributed by atoms with Crippen LogP contribution in [0.2, 0.25) is 0 Å². The van der Waals surface area contributed by atoms with Crippen molar-refractivity contribution >= 4 is 33.0 Å². The van der Waals surface area contributed by atoms with E-state index in [0.717, 1.165) is 83.3 Å². The Kier molecular flexibility index (Phi) is 6.62. The first-order valence-corrected chi connectivity index (χ1v) is 16.2. The summed E-state index contributed by atoms with van der Waals surface area (Å²) in [7, 11) is 3.61. The first-order valence-electron chi connectivity index (χ1n) is 16.2. The van der Waals surface area contributed by atoms with Gasteiger partial charge in [0.1, 0.15) is 11.2 Å². The number of aryl methyl sites for hydroxylation is 2. The quantitative estimate of drug-likeness (QED) is 0.189. The number of furan rings is 1. The summed E-state index contributed by atoms with van der Waals surface area (Å²) in [6.07, 6.45) is 0. The van der Waals surface area contributed by atoms with Crippen LogP contribution in [0.4, 0.5) is 0 Å². The van der Waals surface area contributed by atoms with Gasteiger partial charge < -0.3 is 4.42 Å². The average molecular weight is 635 g/mol. The fourth-order valence-corrected chi connectivity index (χ4v) is 6.81. The highest BCUT2D eigenvalue weighted by Gasteiger charge is 2.18. The van der Waals surface area contributed by atoms with Crippen molar-refractivity contribution in [3.63, 3.8) is 0 Å². The molecule has 0 aliphatic rings. The van der Waals surface area contributed by atoms with E-state index in [9.17, 15) is 4.79 Å². The second-order valence-corrected chi connectivity index (χ2v) is 12.4. The van der Waals surface area contributed by atoms with Crippen molar-refractivity contribution in [1.82, 2.24) is 19.1 Å². The highest BCUT2D eigenvalue weighted by atomic mass is 16.3. The molecular weight excluding hydrogens is 604 g/mol. The monoisotopic (exact) mass is 634 g/mol. The normalized spacial score (nSPS) is 11.6. The van der Waals surface area contributed by atoms with Crippen LogP contribution in [0.25, 0.3) is 89.1 Å². The fourth-order valence-electron chi connectivity index (χ4n) is 6.81. The van der Waals surface area contributed by atoms with Gasteiger partial charge in [-0.15, -0.1) is 0 Å². The van der Waals surface area contributed by atoms with Gasteiger partial charge in [-0.05, 0) is 59.2 Å². The van der Waals surface area contributed by atoms with E-state index >= 15 is 0 Å². The Morgan fingerprint density at radius 2 is 1.12 bits per heavy atom. The minimum atomic E-state index is -0.0418. The van der Waals surface area contributed by atoms with Gasteiger partial charge >= 0.3 is 5.69 Å². The number of hydrogen-bond acceptors (Lipinski definition) is 4. The number of nitrogens with zero attached hydrogens (tertiary/aromatic N) is 4. The van der Waals surface area contributed by atoms with E-state index in [-0.39, 0.29) is 5.69 Å². The zero-order valence-electron chi connectivity index (χ0n) is 27.0. The molecule has 0 atom stereocenters. The van der Waals surface area contributed by atoms with Gasteiger partial charge in [0, 0.05) is 47.1 Å². The van der Waals surface area contributed by atoms with Crippen LogP contribution in [0.15, 0.2) is 155 Å². The van der Waals surface area contributed by atoms with Crippen molar-refractivity contribution in [3.8, 4) is 56.2 Å². The SMILES string of the molecule is Cn1c(=O)n(C)c2cc(-c3cccc(-c4cc(-c5cc(-c6ccccc6)c6oc7ccccc7c6c5)nc(-c5ccccc5)n4)c3)ccc21. The maximum Gasteiger partial charge on any atom is 0.328 e. The van der Waals surface area contributed by atoms with Crippen LogP contribution in [0.1, 0.15) is 0 Å². The van der Waals surface area contributed by atoms with Crippen LogP contribution in [-0.2, 0) is 14.1 Å². The standard InChI is InChI=1S/C43H30N4O2/c1-46-38-21-20-30(25-39(38)47(2)43(46)48)29-16-11-17-31(22-29)36-26-37(45-42(44-36)28-14-7-4-8-15-28)32-23-34(27-12-5-3-6-13-27)41-35(24-32)33-18-9-10-19-40(33)49-41/h3-26H,1-2H3. The first kappa shape index (κ1) is 28.7. The lowest BCUT2D eigenvalue weighted by Crippen LogP contribution is -2.19. The van der Waals surface area contributed by atoms with E-state index in [1.165, 1.54) is 0 Å². The summed E-state index contributed by atoms with van der Waals surface area (Å²) in [4.78, 5) is 22.9. The predicted octanol–water partition coefficient (Wildman–Crippen LogP) is 9.90. The largest absolute Gasteiger partial charge is 0.455 e. The lowest BCUT2D eigenvalue weighted by atomic mass is 9.96. The van der Waals surface area contributed by atoms with Crippen molar-refractivity contribution in [3.05, 3.63) is 156 Å². The second kappa shape index (κ2) is 11.3. The molecule has 9 aromatic rings. The number of hydrogen-bond donors (Lipinski definition) is 0. The number of rotatable bonds is 5. The number of para-hydroxylation sites is 1. The highest BCUT2D eigenvalue weighted by molar-refractivity contribution is 6.11. The molecule has 6 heteroatoms. The lowest BCUT2D eigenvalue weighted by molar-refractivity contribution is 0.670. The Morgan fingerprint density at radius 3 is 1.92 bits per heavy atom. The molecule has 0 saturated carbocycles. The van der Waals surface area contributed by atoms with E-state index in [1.807, 2.05) is 67.7 Å². The van der Waals surface area contributed by atoms with E-state index in [2.05, 4.69) is 84.9 Å². The summed E-state index contributed by atoms with van der Waals surface area (Å²) in [5.74, 6) is 0.651. The molecule has 0 saturated heterocycles. The van der Waals surface area contributed by atoms with Crippen LogP contribution < -0.4 is 5.69 Å².